The van der Waals surface area contributed by atoms with E-state index in [1.165, 1.54) is 24.0 Å². The first-order valence-electron chi connectivity index (χ1n) is 5.05. The van der Waals surface area contributed by atoms with Crippen molar-refractivity contribution >= 4 is 5.69 Å². The molecular formula is C12H14N2. The Bertz CT molecular complexity index is 402. The molecule has 0 saturated carbocycles. The highest BCUT2D eigenvalue weighted by molar-refractivity contribution is 5.61. The molecule has 2 nitrogen and oxygen atoms in total. The van der Waals surface area contributed by atoms with Crippen LogP contribution in [-0.4, -0.2) is 0 Å². The molecule has 0 unspecified atom stereocenters. The maximum atomic E-state index is 9.03. The molecule has 1 aliphatic rings. The van der Waals surface area contributed by atoms with Crippen LogP contribution in [-0.2, 0) is 6.42 Å². The zero-order valence-corrected chi connectivity index (χ0v) is 8.38. The van der Waals surface area contributed by atoms with Gasteiger partial charge in [-0.2, -0.15) is 5.26 Å². The van der Waals surface area contributed by atoms with E-state index in [-0.39, 0.29) is 0 Å². The summed E-state index contributed by atoms with van der Waals surface area (Å²) < 4.78 is 0. The van der Waals surface area contributed by atoms with E-state index in [4.69, 9.17) is 11.0 Å². The van der Waals surface area contributed by atoms with Crippen LogP contribution in [0.5, 0.6) is 0 Å². The molecule has 1 aromatic carbocycles. The summed E-state index contributed by atoms with van der Waals surface area (Å²) in [6.07, 6.45) is 3.40. The van der Waals surface area contributed by atoms with Crippen LogP contribution in [0.2, 0.25) is 0 Å². The van der Waals surface area contributed by atoms with Crippen LogP contribution in [0.3, 0.4) is 0 Å². The zero-order chi connectivity index (χ0) is 10.1. The summed E-state index contributed by atoms with van der Waals surface area (Å²) in [6.45, 7) is 2.22. The molecule has 0 aliphatic heterocycles. The Balaban J connectivity index is 2.63. The predicted molar refractivity (Wildman–Crippen MR) is 56.9 cm³/mol. The van der Waals surface area contributed by atoms with Gasteiger partial charge in [0.15, 0.2) is 0 Å². The summed E-state index contributed by atoms with van der Waals surface area (Å²) in [4.78, 5) is 0. The van der Waals surface area contributed by atoms with Crippen molar-refractivity contribution in [2.45, 2.75) is 32.1 Å². The smallest absolute Gasteiger partial charge is 0.102 e. The number of hydrogen-bond acceptors (Lipinski definition) is 2. The second kappa shape index (κ2) is 3.34. The van der Waals surface area contributed by atoms with Crippen LogP contribution in [0.15, 0.2) is 12.1 Å². The third-order valence-electron chi connectivity index (χ3n) is 3.09. The molecule has 2 N–H and O–H groups in total. The highest BCUT2D eigenvalue weighted by Gasteiger charge is 2.20. The molecule has 1 atom stereocenters. The lowest BCUT2D eigenvalue weighted by atomic mass is 9.81. The molecule has 0 aromatic heterocycles. The molecule has 2 heteroatoms. The fourth-order valence-corrected chi connectivity index (χ4v) is 2.29. The van der Waals surface area contributed by atoms with Gasteiger partial charge in [-0.15, -0.1) is 0 Å². The molecular weight excluding hydrogens is 172 g/mol. The zero-order valence-electron chi connectivity index (χ0n) is 8.38. The molecule has 2 rings (SSSR count). The van der Waals surface area contributed by atoms with Crippen molar-refractivity contribution in [3.63, 3.8) is 0 Å². The molecule has 0 radical (unpaired) electrons. The van der Waals surface area contributed by atoms with Crippen LogP contribution in [0.4, 0.5) is 5.69 Å². The lowest BCUT2D eigenvalue weighted by molar-refractivity contribution is 0.589. The summed E-state index contributed by atoms with van der Waals surface area (Å²) in [5.41, 5.74) is 9.61. The molecule has 0 spiro atoms. The second-order valence-corrected chi connectivity index (χ2v) is 4.00. The number of anilines is 1. The number of nitriles is 1. The Kier molecular flexibility index (Phi) is 2.17. The number of nitrogen functional groups attached to an aromatic ring is 1. The number of benzene rings is 1. The van der Waals surface area contributed by atoms with Crippen molar-refractivity contribution in [1.82, 2.24) is 0 Å². The van der Waals surface area contributed by atoms with Crippen LogP contribution in [0, 0.1) is 11.3 Å². The summed E-state index contributed by atoms with van der Waals surface area (Å²) in [6, 6.07) is 6.16. The Morgan fingerprint density at radius 2 is 2.29 bits per heavy atom. The monoisotopic (exact) mass is 186 g/mol. The molecule has 1 aliphatic carbocycles. The van der Waals surface area contributed by atoms with Crippen LogP contribution < -0.4 is 5.73 Å². The number of nitrogens with zero attached hydrogens (tertiary/aromatic N) is 1. The van der Waals surface area contributed by atoms with Gasteiger partial charge in [-0.05, 0) is 42.4 Å². The van der Waals surface area contributed by atoms with Gasteiger partial charge in [0.2, 0.25) is 0 Å². The normalized spacial score (nSPS) is 19.9. The molecule has 0 amide bonds. The standard InChI is InChI=1S/C12H14N2/c1-8-3-2-4-10-9(8)5-6-12(14)11(10)7-13/h5-6,8H,2-4,14H2,1H3/t8-/m0/s1. The molecule has 0 heterocycles. The third-order valence-corrected chi connectivity index (χ3v) is 3.09. The van der Waals surface area contributed by atoms with E-state index < -0.39 is 0 Å². The lowest BCUT2D eigenvalue weighted by Crippen LogP contribution is -2.10. The van der Waals surface area contributed by atoms with Crippen LogP contribution in [0.1, 0.15) is 42.4 Å². The van der Waals surface area contributed by atoms with Crippen LogP contribution in [0.25, 0.3) is 0 Å². The maximum absolute atomic E-state index is 9.03. The Hall–Kier alpha value is -1.49. The van der Waals surface area contributed by atoms with Gasteiger partial charge >= 0.3 is 0 Å². The Morgan fingerprint density at radius 3 is 3.00 bits per heavy atom. The average Bonchev–Trinajstić information content (AvgIpc) is 2.18. The lowest BCUT2D eigenvalue weighted by Gasteiger charge is -2.23. The van der Waals surface area contributed by atoms with Crippen molar-refractivity contribution in [3.05, 3.63) is 28.8 Å². The van der Waals surface area contributed by atoms with E-state index in [0.717, 1.165) is 6.42 Å². The van der Waals surface area contributed by atoms with E-state index in [1.807, 2.05) is 6.07 Å². The number of fused-ring (bicyclic) bond motifs is 1. The fraction of sp³-hybridized carbons (Fsp3) is 0.417. The quantitative estimate of drug-likeness (QED) is 0.633. The maximum Gasteiger partial charge on any atom is 0.102 e. The fourth-order valence-electron chi connectivity index (χ4n) is 2.29. The molecule has 72 valence electrons. The minimum Gasteiger partial charge on any atom is -0.398 e. The van der Waals surface area contributed by atoms with E-state index in [1.54, 1.807) is 0 Å². The van der Waals surface area contributed by atoms with Gasteiger partial charge in [0, 0.05) is 5.69 Å². The average molecular weight is 186 g/mol. The van der Waals surface area contributed by atoms with E-state index >= 15 is 0 Å². The molecule has 0 fully saturated rings. The molecule has 1 aromatic rings. The first-order valence-corrected chi connectivity index (χ1v) is 5.05. The van der Waals surface area contributed by atoms with Gasteiger partial charge in [0.25, 0.3) is 0 Å². The number of rotatable bonds is 0. The van der Waals surface area contributed by atoms with Gasteiger partial charge in [-0.3, -0.25) is 0 Å². The Labute approximate surface area is 84.3 Å². The highest BCUT2D eigenvalue weighted by atomic mass is 14.6. The summed E-state index contributed by atoms with van der Waals surface area (Å²) in [5.74, 6) is 0.575. The summed E-state index contributed by atoms with van der Waals surface area (Å²) in [5, 5.41) is 9.03. The first-order chi connectivity index (χ1) is 6.74. The minimum atomic E-state index is 0.575. The van der Waals surface area contributed by atoms with Gasteiger partial charge in [-0.1, -0.05) is 13.0 Å². The van der Waals surface area contributed by atoms with Crippen molar-refractivity contribution in [1.29, 1.82) is 5.26 Å². The van der Waals surface area contributed by atoms with Crippen molar-refractivity contribution in [2.24, 2.45) is 0 Å². The van der Waals surface area contributed by atoms with Crippen molar-refractivity contribution in [3.8, 4) is 6.07 Å². The predicted octanol–water partition coefficient (Wildman–Crippen LogP) is 2.58. The van der Waals surface area contributed by atoms with Crippen molar-refractivity contribution in [2.75, 3.05) is 5.73 Å². The van der Waals surface area contributed by atoms with Gasteiger partial charge in [-0.25, -0.2) is 0 Å². The van der Waals surface area contributed by atoms with Gasteiger partial charge in [0.05, 0.1) is 5.56 Å². The number of hydrogen-bond donors (Lipinski definition) is 1. The first kappa shape index (κ1) is 9.08. The largest absolute Gasteiger partial charge is 0.398 e. The van der Waals surface area contributed by atoms with E-state index in [9.17, 15) is 0 Å². The van der Waals surface area contributed by atoms with E-state index in [0.29, 0.717) is 17.2 Å². The summed E-state index contributed by atoms with van der Waals surface area (Å²) >= 11 is 0. The summed E-state index contributed by atoms with van der Waals surface area (Å²) in [7, 11) is 0. The van der Waals surface area contributed by atoms with E-state index in [2.05, 4.69) is 19.1 Å². The SMILES string of the molecule is C[C@H]1CCCc2c1ccc(N)c2C#N. The topological polar surface area (TPSA) is 49.8 Å². The number of nitrogens with two attached hydrogens (primary N) is 1. The molecule has 14 heavy (non-hydrogen) atoms. The Morgan fingerprint density at radius 1 is 1.50 bits per heavy atom. The third kappa shape index (κ3) is 1.26. The van der Waals surface area contributed by atoms with Crippen molar-refractivity contribution < 1.29 is 0 Å². The van der Waals surface area contributed by atoms with Crippen LogP contribution >= 0.6 is 0 Å². The second-order valence-electron chi connectivity index (χ2n) is 4.00. The minimum absolute atomic E-state index is 0.575. The highest BCUT2D eigenvalue weighted by Crippen LogP contribution is 2.34. The van der Waals surface area contributed by atoms with Gasteiger partial charge in [0.1, 0.15) is 6.07 Å². The molecule has 0 saturated heterocycles. The molecule has 0 bridgehead atoms. The van der Waals surface area contributed by atoms with Gasteiger partial charge < -0.3 is 5.73 Å².